The van der Waals surface area contributed by atoms with Crippen molar-refractivity contribution >= 4 is 11.6 Å². The predicted molar refractivity (Wildman–Crippen MR) is 90.5 cm³/mol. The third-order valence-electron chi connectivity index (χ3n) is 3.57. The minimum absolute atomic E-state index is 0.540. The van der Waals surface area contributed by atoms with Crippen LogP contribution in [0.25, 0.3) is 0 Å². The molecule has 1 N–H and O–H groups in total. The molecule has 0 amide bonds. The van der Waals surface area contributed by atoms with Gasteiger partial charge in [0.2, 0.25) is 0 Å². The summed E-state index contributed by atoms with van der Waals surface area (Å²) in [5.74, 6) is 0. The molecule has 0 aliphatic heterocycles. The van der Waals surface area contributed by atoms with Gasteiger partial charge in [-0.05, 0) is 50.3 Å². The van der Waals surface area contributed by atoms with Gasteiger partial charge in [0.15, 0.2) is 0 Å². The van der Waals surface area contributed by atoms with Crippen LogP contribution in [0.4, 0.5) is 0 Å². The molecular formula is C18H28ClN. The van der Waals surface area contributed by atoms with Crippen LogP contribution in [-0.2, 0) is 6.42 Å². The first-order chi connectivity index (χ1) is 9.77. The minimum Gasteiger partial charge on any atom is -0.314 e. The van der Waals surface area contributed by atoms with E-state index in [1.807, 2.05) is 18.2 Å². The van der Waals surface area contributed by atoms with Gasteiger partial charge >= 0.3 is 0 Å². The molecule has 1 atom stereocenters. The summed E-state index contributed by atoms with van der Waals surface area (Å²) < 4.78 is 0. The standard InChI is InChI=1S/C18H28ClN/c1-3-5-6-7-8-12-17(20-14-4-2)15-16-11-9-10-13-18(16)19/h3,9-11,13,17,20H,1,4-8,12,14-15H2,2H3. The normalized spacial score (nSPS) is 12.3. The first-order valence-corrected chi connectivity index (χ1v) is 8.23. The van der Waals surface area contributed by atoms with Crippen molar-refractivity contribution in [2.24, 2.45) is 0 Å². The molecule has 20 heavy (non-hydrogen) atoms. The van der Waals surface area contributed by atoms with Gasteiger partial charge in [0.25, 0.3) is 0 Å². The van der Waals surface area contributed by atoms with Crippen LogP contribution in [0.1, 0.15) is 51.0 Å². The second kappa shape index (κ2) is 10.9. The molecule has 112 valence electrons. The second-order valence-electron chi connectivity index (χ2n) is 5.37. The summed E-state index contributed by atoms with van der Waals surface area (Å²) in [4.78, 5) is 0. The lowest BCUT2D eigenvalue weighted by Gasteiger charge is -2.19. The Morgan fingerprint density at radius 3 is 2.75 bits per heavy atom. The highest BCUT2D eigenvalue weighted by Gasteiger charge is 2.10. The third kappa shape index (κ3) is 7.12. The minimum atomic E-state index is 0.540. The van der Waals surface area contributed by atoms with E-state index in [9.17, 15) is 0 Å². The van der Waals surface area contributed by atoms with Gasteiger partial charge in [-0.25, -0.2) is 0 Å². The lowest BCUT2D eigenvalue weighted by atomic mass is 9.99. The molecule has 1 aromatic carbocycles. The Labute approximate surface area is 129 Å². The van der Waals surface area contributed by atoms with E-state index in [2.05, 4.69) is 31.0 Å². The molecule has 0 heterocycles. The SMILES string of the molecule is C=CCCCCCC(Cc1ccccc1Cl)NCCC. The fourth-order valence-corrected chi connectivity index (χ4v) is 2.62. The average Bonchev–Trinajstić information content (AvgIpc) is 2.46. The first-order valence-electron chi connectivity index (χ1n) is 7.85. The Bertz CT molecular complexity index is 375. The molecule has 0 radical (unpaired) electrons. The summed E-state index contributed by atoms with van der Waals surface area (Å²) in [6, 6.07) is 8.73. The average molecular weight is 294 g/mol. The lowest BCUT2D eigenvalue weighted by Crippen LogP contribution is -2.31. The van der Waals surface area contributed by atoms with E-state index in [1.165, 1.54) is 37.7 Å². The number of hydrogen-bond donors (Lipinski definition) is 1. The predicted octanol–water partition coefficient (Wildman–Crippen LogP) is 5.39. The molecule has 1 nitrogen and oxygen atoms in total. The molecule has 0 spiro atoms. The van der Waals surface area contributed by atoms with Crippen LogP contribution in [0.3, 0.4) is 0 Å². The summed E-state index contributed by atoms with van der Waals surface area (Å²) in [5, 5.41) is 4.55. The first kappa shape index (κ1) is 17.3. The van der Waals surface area contributed by atoms with Gasteiger partial charge in [-0.2, -0.15) is 0 Å². The van der Waals surface area contributed by atoms with Gasteiger partial charge in [0, 0.05) is 11.1 Å². The molecule has 1 rings (SSSR count). The maximum Gasteiger partial charge on any atom is 0.0438 e. The van der Waals surface area contributed by atoms with Crippen molar-refractivity contribution in [2.45, 2.75) is 57.9 Å². The Morgan fingerprint density at radius 1 is 1.25 bits per heavy atom. The smallest absolute Gasteiger partial charge is 0.0438 e. The molecule has 2 heteroatoms. The Hall–Kier alpha value is -0.790. The van der Waals surface area contributed by atoms with Crippen LogP contribution in [0.2, 0.25) is 5.02 Å². The molecular weight excluding hydrogens is 266 g/mol. The highest BCUT2D eigenvalue weighted by atomic mass is 35.5. The van der Waals surface area contributed by atoms with Crippen molar-refractivity contribution in [3.05, 3.63) is 47.5 Å². The van der Waals surface area contributed by atoms with Crippen molar-refractivity contribution in [3.63, 3.8) is 0 Å². The zero-order chi connectivity index (χ0) is 14.6. The molecule has 0 bridgehead atoms. The van der Waals surface area contributed by atoms with Crippen molar-refractivity contribution in [1.29, 1.82) is 0 Å². The van der Waals surface area contributed by atoms with E-state index in [0.717, 1.165) is 24.4 Å². The monoisotopic (exact) mass is 293 g/mol. The molecule has 0 aliphatic rings. The van der Waals surface area contributed by atoms with Crippen LogP contribution in [-0.4, -0.2) is 12.6 Å². The maximum absolute atomic E-state index is 6.27. The fraction of sp³-hybridized carbons (Fsp3) is 0.556. The molecule has 0 saturated carbocycles. The number of nitrogens with one attached hydrogen (secondary N) is 1. The fourth-order valence-electron chi connectivity index (χ4n) is 2.41. The topological polar surface area (TPSA) is 12.0 Å². The van der Waals surface area contributed by atoms with E-state index in [0.29, 0.717) is 6.04 Å². The number of allylic oxidation sites excluding steroid dienone is 1. The molecule has 0 fully saturated rings. The van der Waals surface area contributed by atoms with Crippen LogP contribution < -0.4 is 5.32 Å². The quantitative estimate of drug-likeness (QED) is 0.426. The summed E-state index contributed by atoms with van der Waals surface area (Å²) >= 11 is 6.27. The number of benzene rings is 1. The van der Waals surface area contributed by atoms with Crippen molar-refractivity contribution in [3.8, 4) is 0 Å². The molecule has 1 aromatic rings. The van der Waals surface area contributed by atoms with Gasteiger partial charge < -0.3 is 5.32 Å². The van der Waals surface area contributed by atoms with E-state index in [4.69, 9.17) is 11.6 Å². The molecule has 0 saturated heterocycles. The van der Waals surface area contributed by atoms with Crippen LogP contribution in [0.15, 0.2) is 36.9 Å². The van der Waals surface area contributed by atoms with E-state index in [-0.39, 0.29) is 0 Å². The summed E-state index contributed by atoms with van der Waals surface area (Å²) in [6.45, 7) is 7.07. The lowest BCUT2D eigenvalue weighted by molar-refractivity contribution is 0.454. The molecule has 0 aliphatic carbocycles. The van der Waals surface area contributed by atoms with Crippen molar-refractivity contribution in [2.75, 3.05) is 6.54 Å². The Morgan fingerprint density at radius 2 is 2.05 bits per heavy atom. The number of hydrogen-bond acceptors (Lipinski definition) is 1. The van der Waals surface area contributed by atoms with Crippen LogP contribution in [0, 0.1) is 0 Å². The van der Waals surface area contributed by atoms with Gasteiger partial charge in [0.1, 0.15) is 0 Å². The van der Waals surface area contributed by atoms with Crippen LogP contribution >= 0.6 is 11.6 Å². The van der Waals surface area contributed by atoms with Crippen LogP contribution in [0.5, 0.6) is 0 Å². The largest absolute Gasteiger partial charge is 0.314 e. The summed E-state index contributed by atoms with van der Waals surface area (Å²) in [6.07, 6.45) is 10.4. The Balaban J connectivity index is 2.42. The van der Waals surface area contributed by atoms with E-state index >= 15 is 0 Å². The van der Waals surface area contributed by atoms with Gasteiger partial charge in [-0.1, -0.05) is 55.6 Å². The zero-order valence-electron chi connectivity index (χ0n) is 12.7. The highest BCUT2D eigenvalue weighted by molar-refractivity contribution is 6.31. The third-order valence-corrected chi connectivity index (χ3v) is 3.94. The molecule has 0 aromatic heterocycles. The highest BCUT2D eigenvalue weighted by Crippen LogP contribution is 2.18. The zero-order valence-corrected chi connectivity index (χ0v) is 13.5. The number of unbranched alkanes of at least 4 members (excludes halogenated alkanes) is 3. The Kier molecular flexibility index (Phi) is 9.44. The number of halogens is 1. The van der Waals surface area contributed by atoms with Gasteiger partial charge in [-0.3, -0.25) is 0 Å². The number of rotatable bonds is 11. The van der Waals surface area contributed by atoms with E-state index < -0.39 is 0 Å². The van der Waals surface area contributed by atoms with Crippen molar-refractivity contribution < 1.29 is 0 Å². The van der Waals surface area contributed by atoms with Gasteiger partial charge in [0.05, 0.1) is 0 Å². The van der Waals surface area contributed by atoms with E-state index in [1.54, 1.807) is 0 Å². The second-order valence-corrected chi connectivity index (χ2v) is 5.78. The summed E-state index contributed by atoms with van der Waals surface area (Å²) in [7, 11) is 0. The maximum atomic E-state index is 6.27. The molecule has 1 unspecified atom stereocenters. The summed E-state index contributed by atoms with van der Waals surface area (Å²) in [5.41, 5.74) is 1.26. The van der Waals surface area contributed by atoms with Gasteiger partial charge in [-0.15, -0.1) is 6.58 Å². The van der Waals surface area contributed by atoms with Crippen molar-refractivity contribution in [1.82, 2.24) is 5.32 Å².